The Morgan fingerprint density at radius 1 is 1.28 bits per heavy atom. The summed E-state index contributed by atoms with van der Waals surface area (Å²) in [5.74, 6) is 1.53. The fourth-order valence-electron chi connectivity index (χ4n) is 4.10. The van der Waals surface area contributed by atoms with Gasteiger partial charge in [0.25, 0.3) is 0 Å². The van der Waals surface area contributed by atoms with Crippen LogP contribution < -0.4 is 0 Å². The summed E-state index contributed by atoms with van der Waals surface area (Å²) in [6, 6.07) is 9.84. The highest BCUT2D eigenvalue weighted by molar-refractivity contribution is 5.90. The van der Waals surface area contributed by atoms with Gasteiger partial charge >= 0.3 is 0 Å². The molecule has 1 saturated carbocycles. The number of carbonyl (C=O) groups is 2. The van der Waals surface area contributed by atoms with Crippen molar-refractivity contribution in [1.29, 1.82) is 0 Å². The minimum Gasteiger partial charge on any atom is -0.339 e. The molecule has 2 aliphatic rings. The average Bonchev–Trinajstić information content (AvgIpc) is 3.52. The normalized spacial score (nSPS) is 18.3. The number of nitrogens with zero attached hydrogens (tertiary/aromatic N) is 4. The van der Waals surface area contributed by atoms with Crippen LogP contribution in [0.25, 0.3) is 0 Å². The number of likely N-dealkylation sites (tertiary alicyclic amines) is 1. The standard InChI is InChI=1S/C22H26N4O3/c1-3-19(27)26-13-11-22(12-14-26,17-7-5-4-6-8-17)21(28)25(2)15-18-23-20(29-24-18)16-9-10-16/h3-8,16H,1,9-15H2,2H3. The van der Waals surface area contributed by atoms with Crippen LogP contribution in [-0.4, -0.2) is 51.9 Å². The molecule has 4 rings (SSSR count). The number of rotatable bonds is 6. The molecule has 1 saturated heterocycles. The average molecular weight is 394 g/mol. The molecule has 0 N–H and O–H groups in total. The molecule has 152 valence electrons. The Kier molecular flexibility index (Phi) is 5.22. The van der Waals surface area contributed by atoms with Gasteiger partial charge in [0.1, 0.15) is 0 Å². The predicted octanol–water partition coefficient (Wildman–Crippen LogP) is 2.65. The Hall–Kier alpha value is -2.96. The summed E-state index contributed by atoms with van der Waals surface area (Å²) in [6.07, 6.45) is 4.65. The first-order valence-electron chi connectivity index (χ1n) is 10.1. The Labute approximate surface area is 170 Å². The first-order valence-corrected chi connectivity index (χ1v) is 10.1. The van der Waals surface area contributed by atoms with Crippen molar-refractivity contribution in [3.05, 3.63) is 60.3 Å². The van der Waals surface area contributed by atoms with Gasteiger partial charge in [-0.1, -0.05) is 42.1 Å². The zero-order chi connectivity index (χ0) is 20.4. The Bertz CT molecular complexity index is 896. The smallest absolute Gasteiger partial charge is 0.245 e. The van der Waals surface area contributed by atoms with E-state index in [-0.39, 0.29) is 11.8 Å². The number of likely N-dealkylation sites (N-methyl/N-ethyl adjacent to an activating group) is 1. The summed E-state index contributed by atoms with van der Waals surface area (Å²) in [6.45, 7) is 4.92. The summed E-state index contributed by atoms with van der Waals surface area (Å²) in [5.41, 5.74) is 0.311. The largest absolute Gasteiger partial charge is 0.339 e. The minimum atomic E-state index is -0.670. The molecule has 1 aliphatic carbocycles. The molecular weight excluding hydrogens is 368 g/mol. The fourth-order valence-corrected chi connectivity index (χ4v) is 4.10. The molecule has 7 nitrogen and oxygen atoms in total. The van der Waals surface area contributed by atoms with Gasteiger partial charge in [0, 0.05) is 26.1 Å². The van der Waals surface area contributed by atoms with Crippen LogP contribution in [-0.2, 0) is 21.5 Å². The summed E-state index contributed by atoms with van der Waals surface area (Å²) < 4.78 is 5.32. The van der Waals surface area contributed by atoms with Gasteiger partial charge in [-0.15, -0.1) is 0 Å². The van der Waals surface area contributed by atoms with Crippen molar-refractivity contribution in [1.82, 2.24) is 19.9 Å². The van der Waals surface area contributed by atoms with Crippen LogP contribution in [0, 0.1) is 0 Å². The number of aromatic nitrogens is 2. The van der Waals surface area contributed by atoms with Crippen LogP contribution in [0.3, 0.4) is 0 Å². The molecule has 2 fully saturated rings. The lowest BCUT2D eigenvalue weighted by Crippen LogP contribution is -2.52. The third-order valence-electron chi connectivity index (χ3n) is 5.97. The molecule has 0 unspecified atom stereocenters. The lowest BCUT2D eigenvalue weighted by molar-refractivity contribution is -0.141. The topological polar surface area (TPSA) is 79.5 Å². The van der Waals surface area contributed by atoms with Gasteiger partial charge in [0.15, 0.2) is 5.82 Å². The summed E-state index contributed by atoms with van der Waals surface area (Å²) >= 11 is 0. The Morgan fingerprint density at radius 2 is 1.97 bits per heavy atom. The molecular formula is C22H26N4O3. The maximum absolute atomic E-state index is 13.6. The van der Waals surface area contributed by atoms with E-state index in [1.807, 2.05) is 30.3 Å². The molecule has 2 amide bonds. The highest BCUT2D eigenvalue weighted by Crippen LogP contribution is 2.39. The van der Waals surface area contributed by atoms with Crippen LogP contribution in [0.5, 0.6) is 0 Å². The number of amides is 2. The predicted molar refractivity (Wildman–Crippen MR) is 107 cm³/mol. The molecule has 0 atom stereocenters. The highest BCUT2D eigenvalue weighted by atomic mass is 16.5. The maximum atomic E-state index is 13.6. The zero-order valence-electron chi connectivity index (χ0n) is 16.7. The second kappa shape index (κ2) is 7.81. The number of piperidine rings is 1. The number of benzene rings is 1. The van der Waals surface area contributed by atoms with Gasteiger partial charge in [0.05, 0.1) is 12.0 Å². The molecule has 0 radical (unpaired) electrons. The van der Waals surface area contributed by atoms with Gasteiger partial charge in [-0.3, -0.25) is 9.59 Å². The SMILES string of the molecule is C=CC(=O)N1CCC(C(=O)N(C)Cc2noc(C3CC3)n2)(c2ccccc2)CC1. The van der Waals surface area contributed by atoms with Crippen LogP contribution in [0.15, 0.2) is 47.5 Å². The van der Waals surface area contributed by atoms with E-state index in [1.54, 1.807) is 16.8 Å². The third-order valence-corrected chi connectivity index (χ3v) is 5.97. The third kappa shape index (κ3) is 3.81. The molecule has 1 aromatic carbocycles. The van der Waals surface area contributed by atoms with Gasteiger partial charge in [-0.05, 0) is 37.3 Å². The van der Waals surface area contributed by atoms with Crippen molar-refractivity contribution >= 4 is 11.8 Å². The summed E-state index contributed by atoms with van der Waals surface area (Å²) in [5, 5.41) is 4.04. The van der Waals surface area contributed by atoms with Crippen molar-refractivity contribution in [2.45, 2.75) is 43.6 Å². The lowest BCUT2D eigenvalue weighted by atomic mass is 9.71. The van der Waals surface area contributed by atoms with E-state index in [0.717, 1.165) is 18.4 Å². The summed E-state index contributed by atoms with van der Waals surface area (Å²) in [7, 11) is 1.78. The second-order valence-corrected chi connectivity index (χ2v) is 7.96. The van der Waals surface area contributed by atoms with Crippen molar-refractivity contribution in [2.75, 3.05) is 20.1 Å². The molecule has 0 bridgehead atoms. The van der Waals surface area contributed by atoms with Crippen LogP contribution >= 0.6 is 0 Å². The van der Waals surface area contributed by atoms with Crippen molar-refractivity contribution in [2.24, 2.45) is 0 Å². The Balaban J connectivity index is 1.54. The van der Waals surface area contributed by atoms with E-state index in [2.05, 4.69) is 16.7 Å². The molecule has 7 heteroatoms. The van der Waals surface area contributed by atoms with Gasteiger partial charge in [0.2, 0.25) is 17.7 Å². The van der Waals surface area contributed by atoms with Gasteiger partial charge in [-0.25, -0.2) is 0 Å². The van der Waals surface area contributed by atoms with Crippen LogP contribution in [0.2, 0.25) is 0 Å². The van der Waals surface area contributed by atoms with Crippen LogP contribution in [0.1, 0.15) is 48.9 Å². The maximum Gasteiger partial charge on any atom is 0.245 e. The Morgan fingerprint density at radius 3 is 2.59 bits per heavy atom. The van der Waals surface area contributed by atoms with Crippen molar-refractivity contribution in [3.63, 3.8) is 0 Å². The van der Waals surface area contributed by atoms with E-state index in [0.29, 0.717) is 50.1 Å². The van der Waals surface area contributed by atoms with E-state index in [4.69, 9.17) is 4.52 Å². The van der Waals surface area contributed by atoms with E-state index in [1.165, 1.54) is 6.08 Å². The fraction of sp³-hybridized carbons (Fsp3) is 0.455. The molecule has 29 heavy (non-hydrogen) atoms. The molecule has 2 heterocycles. The molecule has 0 spiro atoms. The summed E-state index contributed by atoms with van der Waals surface area (Å²) in [4.78, 5) is 33.5. The monoisotopic (exact) mass is 394 g/mol. The van der Waals surface area contributed by atoms with E-state index in [9.17, 15) is 9.59 Å². The number of carbonyl (C=O) groups excluding carboxylic acids is 2. The van der Waals surface area contributed by atoms with Crippen molar-refractivity contribution < 1.29 is 14.1 Å². The molecule has 1 aliphatic heterocycles. The first kappa shape index (κ1) is 19.4. The first-order chi connectivity index (χ1) is 14.0. The zero-order valence-corrected chi connectivity index (χ0v) is 16.7. The molecule has 2 aromatic rings. The minimum absolute atomic E-state index is 0.0205. The second-order valence-electron chi connectivity index (χ2n) is 7.96. The van der Waals surface area contributed by atoms with Crippen LogP contribution in [0.4, 0.5) is 0 Å². The van der Waals surface area contributed by atoms with Crippen molar-refractivity contribution in [3.8, 4) is 0 Å². The van der Waals surface area contributed by atoms with E-state index >= 15 is 0 Å². The number of hydrogen-bond acceptors (Lipinski definition) is 5. The quantitative estimate of drug-likeness (QED) is 0.704. The lowest BCUT2D eigenvalue weighted by Gasteiger charge is -2.42. The van der Waals surface area contributed by atoms with Gasteiger partial charge < -0.3 is 14.3 Å². The number of hydrogen-bond donors (Lipinski definition) is 0. The highest BCUT2D eigenvalue weighted by Gasteiger charge is 2.45. The van der Waals surface area contributed by atoms with Gasteiger partial charge in [-0.2, -0.15) is 4.98 Å². The van der Waals surface area contributed by atoms with E-state index < -0.39 is 5.41 Å². The molecule has 1 aromatic heterocycles.